The van der Waals surface area contributed by atoms with Gasteiger partial charge in [-0.3, -0.25) is 4.79 Å². The first kappa shape index (κ1) is 14.6. The Kier molecular flexibility index (Phi) is 4.76. The van der Waals surface area contributed by atoms with Crippen LogP contribution in [-0.4, -0.2) is 35.0 Å². The van der Waals surface area contributed by atoms with Crippen molar-refractivity contribution in [2.24, 2.45) is 0 Å². The van der Waals surface area contributed by atoms with Crippen LogP contribution in [0.25, 0.3) is 0 Å². The van der Waals surface area contributed by atoms with Crippen LogP contribution in [0.4, 0.5) is 11.6 Å². The summed E-state index contributed by atoms with van der Waals surface area (Å²) in [5.41, 5.74) is 0. The van der Waals surface area contributed by atoms with Gasteiger partial charge >= 0.3 is 0 Å². The maximum Gasteiger partial charge on any atom is 0.242 e. The Balaban J connectivity index is 2.02. The molecule has 1 saturated carbocycles. The summed E-state index contributed by atoms with van der Waals surface area (Å²) >= 11 is 0. The van der Waals surface area contributed by atoms with Crippen LogP contribution >= 0.6 is 0 Å². The van der Waals surface area contributed by atoms with Gasteiger partial charge in [0.05, 0.1) is 0 Å². The summed E-state index contributed by atoms with van der Waals surface area (Å²) < 4.78 is 0. The van der Waals surface area contributed by atoms with E-state index in [1.807, 2.05) is 20.0 Å². The van der Waals surface area contributed by atoms with E-state index in [2.05, 4.69) is 32.8 Å². The van der Waals surface area contributed by atoms with Gasteiger partial charge < -0.3 is 16.0 Å². The summed E-state index contributed by atoms with van der Waals surface area (Å²) in [7, 11) is 1.82. The Morgan fingerprint density at radius 3 is 2.70 bits per heavy atom. The Morgan fingerprint density at radius 1 is 1.40 bits per heavy atom. The lowest BCUT2D eigenvalue weighted by molar-refractivity contribution is -0.121. The number of amides is 1. The average Bonchev–Trinajstić information content (AvgIpc) is 3.22. The van der Waals surface area contributed by atoms with Gasteiger partial charge in [-0.05, 0) is 26.2 Å². The van der Waals surface area contributed by atoms with Crippen molar-refractivity contribution in [3.8, 4) is 0 Å². The van der Waals surface area contributed by atoms with Crippen molar-refractivity contribution in [3.05, 3.63) is 11.9 Å². The number of nitrogens with one attached hydrogen (secondary N) is 3. The van der Waals surface area contributed by atoms with E-state index < -0.39 is 0 Å². The van der Waals surface area contributed by atoms with E-state index in [1.165, 1.54) is 0 Å². The zero-order valence-electron chi connectivity index (χ0n) is 12.4. The van der Waals surface area contributed by atoms with Gasteiger partial charge in [-0.15, -0.1) is 0 Å². The minimum atomic E-state index is -0.301. The van der Waals surface area contributed by atoms with Gasteiger partial charge in [-0.25, -0.2) is 9.97 Å². The van der Waals surface area contributed by atoms with Crippen LogP contribution in [0.3, 0.4) is 0 Å². The Hall–Kier alpha value is -1.85. The molecule has 1 aromatic heterocycles. The number of hydrogen-bond acceptors (Lipinski definition) is 5. The van der Waals surface area contributed by atoms with Crippen LogP contribution in [0.1, 0.15) is 38.9 Å². The number of aryl methyl sites for hydroxylation is 1. The van der Waals surface area contributed by atoms with Gasteiger partial charge in [-0.1, -0.05) is 6.92 Å². The predicted molar refractivity (Wildman–Crippen MR) is 79.8 cm³/mol. The lowest BCUT2D eigenvalue weighted by Gasteiger charge is -2.15. The number of nitrogens with zero attached hydrogens (tertiary/aromatic N) is 2. The fourth-order valence-corrected chi connectivity index (χ4v) is 1.88. The van der Waals surface area contributed by atoms with Gasteiger partial charge in [0.1, 0.15) is 23.5 Å². The largest absolute Gasteiger partial charge is 0.373 e. The zero-order valence-corrected chi connectivity index (χ0v) is 12.4. The Labute approximate surface area is 119 Å². The summed E-state index contributed by atoms with van der Waals surface area (Å²) in [6.45, 7) is 3.94. The molecule has 1 unspecified atom stereocenters. The van der Waals surface area contributed by atoms with E-state index in [0.717, 1.165) is 37.3 Å². The highest BCUT2D eigenvalue weighted by molar-refractivity contribution is 5.84. The zero-order chi connectivity index (χ0) is 14.5. The van der Waals surface area contributed by atoms with Crippen molar-refractivity contribution in [2.45, 2.75) is 51.6 Å². The molecule has 1 atom stereocenters. The summed E-state index contributed by atoms with van der Waals surface area (Å²) in [4.78, 5) is 20.8. The van der Waals surface area contributed by atoms with Crippen molar-refractivity contribution >= 4 is 17.5 Å². The lowest BCUT2D eigenvalue weighted by Crippen LogP contribution is -2.38. The Bertz CT molecular complexity index is 473. The number of carbonyl (C=O) groups is 1. The van der Waals surface area contributed by atoms with E-state index in [-0.39, 0.29) is 11.9 Å². The summed E-state index contributed by atoms with van der Waals surface area (Å²) in [6.07, 6.45) is 4.00. The minimum absolute atomic E-state index is 0.0224. The molecule has 0 spiro atoms. The quantitative estimate of drug-likeness (QED) is 0.704. The van der Waals surface area contributed by atoms with Crippen LogP contribution in [-0.2, 0) is 11.2 Å². The van der Waals surface area contributed by atoms with Gasteiger partial charge in [0, 0.05) is 25.6 Å². The molecule has 2 rings (SSSR count). The first-order valence-corrected chi connectivity index (χ1v) is 7.25. The van der Waals surface area contributed by atoms with Crippen LogP contribution in [0.2, 0.25) is 0 Å². The van der Waals surface area contributed by atoms with Crippen LogP contribution in [0.15, 0.2) is 6.07 Å². The molecule has 1 aliphatic carbocycles. The standard InChI is InChI=1S/C14H23N5O/c1-4-5-11-18-12(15-3)8-13(19-11)16-9(2)14(20)17-10-6-7-10/h8-10H,4-7H2,1-3H3,(H,17,20)(H2,15,16,18,19). The average molecular weight is 277 g/mol. The van der Waals surface area contributed by atoms with Gasteiger partial charge in [0.15, 0.2) is 0 Å². The second-order valence-electron chi connectivity index (χ2n) is 5.20. The monoisotopic (exact) mass is 277 g/mol. The topological polar surface area (TPSA) is 78.9 Å². The van der Waals surface area contributed by atoms with E-state index in [0.29, 0.717) is 11.9 Å². The van der Waals surface area contributed by atoms with Gasteiger partial charge in [-0.2, -0.15) is 0 Å². The third kappa shape index (κ3) is 4.08. The van der Waals surface area contributed by atoms with Crippen LogP contribution in [0.5, 0.6) is 0 Å². The number of aromatic nitrogens is 2. The molecule has 1 heterocycles. The van der Waals surface area contributed by atoms with E-state index in [4.69, 9.17) is 0 Å². The first-order chi connectivity index (χ1) is 9.62. The number of carbonyl (C=O) groups excluding carboxylic acids is 1. The highest BCUT2D eigenvalue weighted by Gasteiger charge is 2.25. The minimum Gasteiger partial charge on any atom is -0.373 e. The van der Waals surface area contributed by atoms with Gasteiger partial charge in [0.25, 0.3) is 0 Å². The summed E-state index contributed by atoms with van der Waals surface area (Å²) in [5, 5.41) is 9.15. The molecule has 3 N–H and O–H groups in total. The molecule has 20 heavy (non-hydrogen) atoms. The maximum atomic E-state index is 11.9. The molecular weight excluding hydrogens is 254 g/mol. The molecule has 110 valence electrons. The molecule has 1 aromatic rings. The molecule has 6 nitrogen and oxygen atoms in total. The SMILES string of the molecule is CCCc1nc(NC)cc(NC(C)C(=O)NC2CC2)n1. The van der Waals surface area contributed by atoms with Crippen molar-refractivity contribution in [1.82, 2.24) is 15.3 Å². The van der Waals surface area contributed by atoms with E-state index in [1.54, 1.807) is 0 Å². The number of rotatable bonds is 7. The van der Waals surface area contributed by atoms with Crippen molar-refractivity contribution in [1.29, 1.82) is 0 Å². The van der Waals surface area contributed by atoms with Crippen LogP contribution < -0.4 is 16.0 Å². The molecule has 1 fully saturated rings. The fraction of sp³-hybridized carbons (Fsp3) is 0.643. The number of anilines is 2. The molecule has 0 radical (unpaired) electrons. The van der Waals surface area contributed by atoms with Crippen molar-refractivity contribution in [2.75, 3.05) is 17.7 Å². The van der Waals surface area contributed by atoms with Crippen molar-refractivity contribution in [3.63, 3.8) is 0 Å². The third-order valence-electron chi connectivity index (χ3n) is 3.18. The third-order valence-corrected chi connectivity index (χ3v) is 3.18. The molecule has 0 saturated heterocycles. The lowest BCUT2D eigenvalue weighted by atomic mass is 10.3. The van der Waals surface area contributed by atoms with E-state index in [9.17, 15) is 4.79 Å². The molecular formula is C14H23N5O. The molecule has 0 aliphatic heterocycles. The highest BCUT2D eigenvalue weighted by Crippen LogP contribution is 2.19. The summed E-state index contributed by atoms with van der Waals surface area (Å²) in [5.74, 6) is 2.26. The fourth-order valence-electron chi connectivity index (χ4n) is 1.88. The van der Waals surface area contributed by atoms with E-state index >= 15 is 0 Å². The highest BCUT2D eigenvalue weighted by atomic mass is 16.2. The second kappa shape index (κ2) is 6.54. The molecule has 0 bridgehead atoms. The first-order valence-electron chi connectivity index (χ1n) is 7.25. The molecule has 1 aliphatic rings. The molecule has 1 amide bonds. The normalized spacial score (nSPS) is 15.6. The smallest absolute Gasteiger partial charge is 0.242 e. The number of hydrogen-bond donors (Lipinski definition) is 3. The van der Waals surface area contributed by atoms with Crippen LogP contribution in [0, 0.1) is 0 Å². The van der Waals surface area contributed by atoms with Crippen molar-refractivity contribution < 1.29 is 4.79 Å². The maximum absolute atomic E-state index is 11.9. The summed E-state index contributed by atoms with van der Waals surface area (Å²) in [6, 6.07) is 1.89. The molecule has 0 aromatic carbocycles. The predicted octanol–water partition coefficient (Wildman–Crippen LogP) is 1.55. The van der Waals surface area contributed by atoms with Gasteiger partial charge in [0.2, 0.25) is 5.91 Å². The molecule has 6 heteroatoms. The second-order valence-corrected chi connectivity index (χ2v) is 5.20. The Morgan fingerprint density at radius 2 is 2.10 bits per heavy atom.